The van der Waals surface area contributed by atoms with Crippen molar-refractivity contribution in [1.82, 2.24) is 4.98 Å². The number of H-pyrrole nitrogens is 1. The molecule has 1 heterocycles. The van der Waals surface area contributed by atoms with Gasteiger partial charge >= 0.3 is 0 Å². The molecule has 0 amide bonds. The number of aromatic nitrogens is 1. The molecule has 1 unspecified atom stereocenters. The molecule has 0 bridgehead atoms. The average Bonchev–Trinajstić information content (AvgIpc) is 2.69. The van der Waals surface area contributed by atoms with Crippen LogP contribution in [-0.4, -0.2) is 14.7 Å². The smallest absolute Gasteiger partial charge is 0.152 e. The molecule has 2 aromatic rings. The van der Waals surface area contributed by atoms with E-state index in [2.05, 4.69) is 33.6 Å². The standard InChI is InChI=1S/C12H11ClINO/c13-11(14)5-4-8-2-1-3-10-12(8)9(7-16)6-15-10/h1-3,6-7,11,15H,4-5H2. The van der Waals surface area contributed by atoms with E-state index in [0.29, 0.717) is 0 Å². The van der Waals surface area contributed by atoms with Crippen molar-refractivity contribution in [1.29, 1.82) is 0 Å². The van der Waals surface area contributed by atoms with Crippen molar-refractivity contribution in [3.8, 4) is 0 Å². The highest BCUT2D eigenvalue weighted by molar-refractivity contribution is 14.1. The van der Waals surface area contributed by atoms with Gasteiger partial charge in [0.15, 0.2) is 6.29 Å². The second-order valence-corrected chi connectivity index (χ2v) is 6.40. The Balaban J connectivity index is 2.42. The van der Waals surface area contributed by atoms with Crippen LogP contribution in [0.5, 0.6) is 0 Å². The Kier molecular flexibility index (Phi) is 3.86. The molecule has 1 aromatic carbocycles. The third-order valence-electron chi connectivity index (χ3n) is 2.58. The van der Waals surface area contributed by atoms with Gasteiger partial charge in [-0.2, -0.15) is 0 Å². The van der Waals surface area contributed by atoms with Crippen LogP contribution in [-0.2, 0) is 6.42 Å². The van der Waals surface area contributed by atoms with Gasteiger partial charge in [0.1, 0.15) is 0 Å². The van der Waals surface area contributed by atoms with Crippen molar-refractivity contribution < 1.29 is 4.79 Å². The number of hydrogen-bond donors (Lipinski definition) is 1. The van der Waals surface area contributed by atoms with Gasteiger partial charge in [-0.15, -0.1) is 11.6 Å². The minimum absolute atomic E-state index is 0.131. The van der Waals surface area contributed by atoms with Gasteiger partial charge in [0, 0.05) is 22.7 Å². The Morgan fingerprint density at radius 2 is 2.31 bits per heavy atom. The van der Waals surface area contributed by atoms with Crippen LogP contribution in [0.2, 0.25) is 0 Å². The van der Waals surface area contributed by atoms with Crippen LogP contribution in [0.3, 0.4) is 0 Å². The second kappa shape index (κ2) is 5.19. The van der Waals surface area contributed by atoms with E-state index in [1.165, 1.54) is 5.56 Å². The molecule has 0 aliphatic carbocycles. The molecule has 1 aromatic heterocycles. The van der Waals surface area contributed by atoms with Crippen molar-refractivity contribution in [2.45, 2.75) is 16.2 Å². The molecule has 2 rings (SSSR count). The molecule has 84 valence electrons. The van der Waals surface area contributed by atoms with Crippen LogP contribution >= 0.6 is 34.2 Å². The van der Waals surface area contributed by atoms with Crippen LogP contribution in [0.4, 0.5) is 0 Å². The van der Waals surface area contributed by atoms with E-state index < -0.39 is 0 Å². The summed E-state index contributed by atoms with van der Waals surface area (Å²) < 4.78 is 0.131. The summed E-state index contributed by atoms with van der Waals surface area (Å²) >= 11 is 8.13. The van der Waals surface area contributed by atoms with Crippen molar-refractivity contribution in [3.05, 3.63) is 35.5 Å². The number of aldehydes is 1. The molecule has 2 nitrogen and oxygen atoms in total. The number of carbonyl (C=O) groups is 1. The van der Waals surface area contributed by atoms with Crippen molar-refractivity contribution in [3.63, 3.8) is 0 Å². The fourth-order valence-corrected chi connectivity index (χ4v) is 2.28. The van der Waals surface area contributed by atoms with Crippen molar-refractivity contribution >= 4 is 51.4 Å². The number of benzene rings is 1. The van der Waals surface area contributed by atoms with Gasteiger partial charge in [0.25, 0.3) is 0 Å². The Hall–Kier alpha value is -0.550. The number of halogens is 2. The summed E-state index contributed by atoms with van der Waals surface area (Å²) in [5.74, 6) is 0. The van der Waals surface area contributed by atoms with Gasteiger partial charge in [-0.1, -0.05) is 34.7 Å². The van der Waals surface area contributed by atoms with Gasteiger partial charge in [-0.05, 0) is 24.5 Å². The Bertz CT molecular complexity index is 507. The number of aromatic amines is 1. The molecule has 0 spiro atoms. The molecule has 1 N–H and O–H groups in total. The zero-order chi connectivity index (χ0) is 11.5. The molecule has 0 aliphatic heterocycles. The number of nitrogens with one attached hydrogen (secondary N) is 1. The molecule has 0 saturated heterocycles. The first kappa shape index (κ1) is 11.9. The van der Waals surface area contributed by atoms with Crippen molar-refractivity contribution in [2.75, 3.05) is 0 Å². The molecule has 0 aliphatic rings. The quantitative estimate of drug-likeness (QED) is 0.508. The fourth-order valence-electron chi connectivity index (χ4n) is 1.85. The van der Waals surface area contributed by atoms with E-state index in [4.69, 9.17) is 11.6 Å². The number of fused-ring (bicyclic) bond motifs is 1. The van der Waals surface area contributed by atoms with Crippen LogP contribution in [0.1, 0.15) is 22.3 Å². The van der Waals surface area contributed by atoms with E-state index in [0.717, 1.165) is 35.6 Å². The lowest BCUT2D eigenvalue weighted by Gasteiger charge is -2.04. The maximum atomic E-state index is 10.9. The molecular formula is C12H11ClINO. The topological polar surface area (TPSA) is 32.9 Å². The maximum Gasteiger partial charge on any atom is 0.152 e. The lowest BCUT2D eigenvalue weighted by Crippen LogP contribution is -1.93. The molecule has 0 fully saturated rings. The van der Waals surface area contributed by atoms with E-state index >= 15 is 0 Å². The van der Waals surface area contributed by atoms with Crippen LogP contribution in [0.15, 0.2) is 24.4 Å². The van der Waals surface area contributed by atoms with Gasteiger partial charge in [0.2, 0.25) is 0 Å². The monoisotopic (exact) mass is 347 g/mol. The molecule has 0 saturated carbocycles. The maximum absolute atomic E-state index is 10.9. The zero-order valence-electron chi connectivity index (χ0n) is 8.54. The predicted molar refractivity (Wildman–Crippen MR) is 75.7 cm³/mol. The second-order valence-electron chi connectivity index (χ2n) is 3.63. The summed E-state index contributed by atoms with van der Waals surface area (Å²) in [6.45, 7) is 0. The summed E-state index contributed by atoms with van der Waals surface area (Å²) in [4.78, 5) is 14.0. The first-order valence-corrected chi connectivity index (χ1v) is 6.73. The minimum atomic E-state index is 0.131. The van der Waals surface area contributed by atoms with Crippen molar-refractivity contribution in [2.24, 2.45) is 0 Å². The molecule has 4 heteroatoms. The summed E-state index contributed by atoms with van der Waals surface area (Å²) in [6, 6.07) is 6.03. The SMILES string of the molecule is O=Cc1c[nH]c2cccc(CCC(Cl)I)c12. The third kappa shape index (κ3) is 2.40. The number of alkyl halides is 2. The summed E-state index contributed by atoms with van der Waals surface area (Å²) in [6.07, 6.45) is 4.45. The highest BCUT2D eigenvalue weighted by Gasteiger charge is 2.08. The van der Waals surface area contributed by atoms with Gasteiger partial charge in [-0.25, -0.2) is 0 Å². The van der Waals surface area contributed by atoms with Crippen LogP contribution < -0.4 is 0 Å². The van der Waals surface area contributed by atoms with E-state index in [1.807, 2.05) is 12.1 Å². The molecule has 16 heavy (non-hydrogen) atoms. The predicted octanol–water partition coefficient (Wildman–Crippen LogP) is 3.91. The van der Waals surface area contributed by atoms with Gasteiger partial charge in [-0.3, -0.25) is 4.79 Å². The Morgan fingerprint density at radius 3 is 3.00 bits per heavy atom. The summed E-state index contributed by atoms with van der Waals surface area (Å²) in [7, 11) is 0. The Morgan fingerprint density at radius 1 is 1.50 bits per heavy atom. The zero-order valence-corrected chi connectivity index (χ0v) is 11.5. The first-order valence-electron chi connectivity index (χ1n) is 5.04. The van der Waals surface area contributed by atoms with Crippen LogP contribution in [0, 0.1) is 0 Å². The van der Waals surface area contributed by atoms with E-state index in [1.54, 1.807) is 6.20 Å². The van der Waals surface area contributed by atoms with Crippen LogP contribution in [0.25, 0.3) is 10.9 Å². The van der Waals surface area contributed by atoms with E-state index in [-0.39, 0.29) is 3.38 Å². The molecule has 1 atom stereocenters. The lowest BCUT2D eigenvalue weighted by atomic mass is 10.0. The normalized spacial score (nSPS) is 12.9. The lowest BCUT2D eigenvalue weighted by molar-refractivity contribution is 0.112. The number of rotatable bonds is 4. The molecular weight excluding hydrogens is 336 g/mol. The highest BCUT2D eigenvalue weighted by atomic mass is 127. The first-order chi connectivity index (χ1) is 7.72. The number of aryl methyl sites for hydroxylation is 1. The average molecular weight is 348 g/mol. The summed E-state index contributed by atoms with van der Waals surface area (Å²) in [5, 5.41) is 1.03. The Labute approximate surface area is 113 Å². The fraction of sp³-hybridized carbons (Fsp3) is 0.250. The molecule has 0 radical (unpaired) electrons. The highest BCUT2D eigenvalue weighted by Crippen LogP contribution is 2.24. The van der Waals surface area contributed by atoms with Gasteiger partial charge in [0.05, 0.1) is 3.38 Å². The summed E-state index contributed by atoms with van der Waals surface area (Å²) in [5.41, 5.74) is 2.92. The van der Waals surface area contributed by atoms with Gasteiger partial charge < -0.3 is 4.98 Å². The largest absolute Gasteiger partial charge is 0.360 e. The number of carbonyl (C=O) groups excluding carboxylic acids is 1. The number of hydrogen-bond acceptors (Lipinski definition) is 1. The minimum Gasteiger partial charge on any atom is -0.360 e. The van der Waals surface area contributed by atoms with E-state index in [9.17, 15) is 4.79 Å². The third-order valence-corrected chi connectivity index (χ3v) is 3.42.